The minimum Gasteiger partial charge on any atom is -0.370 e. The van der Waals surface area contributed by atoms with E-state index in [1.54, 1.807) is 0 Å². The first kappa shape index (κ1) is 14.6. The Balaban J connectivity index is 1.77. The first-order valence-electron chi connectivity index (χ1n) is 7.60. The maximum absolute atomic E-state index is 6.33. The Morgan fingerprint density at radius 3 is 2.67 bits per heavy atom. The van der Waals surface area contributed by atoms with Crippen LogP contribution in [0.1, 0.15) is 65.2 Å². The molecule has 2 aliphatic rings. The van der Waals surface area contributed by atoms with E-state index in [1.165, 1.54) is 38.5 Å². The Bertz CT molecular complexity index is 265. The largest absolute Gasteiger partial charge is 0.370 e. The summed E-state index contributed by atoms with van der Waals surface area (Å²) in [6.07, 6.45) is 10.4. The average molecular weight is 274 g/mol. The van der Waals surface area contributed by atoms with Gasteiger partial charge in [0.05, 0.1) is 11.7 Å². The second-order valence-corrected chi connectivity index (χ2v) is 6.78. The van der Waals surface area contributed by atoms with Gasteiger partial charge in [-0.25, -0.2) is 0 Å². The normalized spacial score (nSPS) is 29.8. The zero-order chi connectivity index (χ0) is 13.1. The topological polar surface area (TPSA) is 21.3 Å². The summed E-state index contributed by atoms with van der Waals surface area (Å²) >= 11 is 5.89. The lowest BCUT2D eigenvalue weighted by atomic mass is 9.95. The molecule has 1 aliphatic carbocycles. The highest BCUT2D eigenvalue weighted by atomic mass is 35.5. The third kappa shape index (κ3) is 3.40. The Kier molecular flexibility index (Phi) is 4.96. The smallest absolute Gasteiger partial charge is 0.0708 e. The molecule has 1 spiro atoms. The van der Waals surface area contributed by atoms with Crippen LogP contribution in [-0.2, 0) is 4.74 Å². The van der Waals surface area contributed by atoms with Crippen molar-refractivity contribution >= 4 is 11.6 Å². The molecule has 2 rings (SSSR count). The van der Waals surface area contributed by atoms with Crippen molar-refractivity contribution in [3.63, 3.8) is 0 Å². The molecule has 1 heterocycles. The predicted molar refractivity (Wildman–Crippen MR) is 77.3 cm³/mol. The highest BCUT2D eigenvalue weighted by Crippen LogP contribution is 2.43. The fourth-order valence-electron chi connectivity index (χ4n) is 3.39. The van der Waals surface area contributed by atoms with E-state index in [1.807, 2.05) is 0 Å². The second-order valence-electron chi connectivity index (χ2n) is 6.40. The Morgan fingerprint density at radius 2 is 2.06 bits per heavy atom. The van der Waals surface area contributed by atoms with Gasteiger partial charge in [-0.3, -0.25) is 0 Å². The van der Waals surface area contributed by atoms with Gasteiger partial charge in [0.25, 0.3) is 0 Å². The zero-order valence-corrected chi connectivity index (χ0v) is 12.7. The van der Waals surface area contributed by atoms with Crippen molar-refractivity contribution in [1.82, 2.24) is 5.32 Å². The molecule has 0 radical (unpaired) electrons. The molecule has 1 aliphatic heterocycles. The minimum atomic E-state index is 0.177. The van der Waals surface area contributed by atoms with Gasteiger partial charge in [-0.2, -0.15) is 0 Å². The second kappa shape index (κ2) is 6.11. The van der Waals surface area contributed by atoms with Crippen LogP contribution in [0.2, 0.25) is 0 Å². The van der Waals surface area contributed by atoms with Crippen LogP contribution in [0.15, 0.2) is 0 Å². The van der Waals surface area contributed by atoms with Crippen LogP contribution in [0.25, 0.3) is 0 Å². The van der Waals surface area contributed by atoms with Crippen molar-refractivity contribution < 1.29 is 4.74 Å². The fraction of sp³-hybridized carbons (Fsp3) is 1.00. The summed E-state index contributed by atoms with van der Waals surface area (Å²) in [5, 5.41) is 3.69. The number of nitrogens with one attached hydrogen (secondary N) is 1. The van der Waals surface area contributed by atoms with Crippen LogP contribution in [-0.4, -0.2) is 29.7 Å². The van der Waals surface area contributed by atoms with Gasteiger partial charge in [0, 0.05) is 18.0 Å². The number of halogens is 1. The van der Waals surface area contributed by atoms with E-state index in [0.29, 0.717) is 6.10 Å². The fourth-order valence-corrected chi connectivity index (χ4v) is 3.80. The van der Waals surface area contributed by atoms with E-state index in [9.17, 15) is 0 Å². The average Bonchev–Trinajstić information content (AvgIpc) is 2.98. The Hall–Kier alpha value is 0.210. The Morgan fingerprint density at radius 1 is 1.33 bits per heavy atom. The quantitative estimate of drug-likeness (QED) is 0.742. The monoisotopic (exact) mass is 273 g/mol. The van der Waals surface area contributed by atoms with Gasteiger partial charge in [0.2, 0.25) is 0 Å². The van der Waals surface area contributed by atoms with E-state index in [4.69, 9.17) is 16.3 Å². The van der Waals surface area contributed by atoms with Crippen LogP contribution >= 0.6 is 11.6 Å². The molecule has 0 aromatic heterocycles. The number of hydrogen-bond acceptors (Lipinski definition) is 2. The van der Waals surface area contributed by atoms with Crippen molar-refractivity contribution in [2.45, 2.75) is 82.5 Å². The zero-order valence-electron chi connectivity index (χ0n) is 11.9. The molecule has 0 bridgehead atoms. The predicted octanol–water partition coefficient (Wildman–Crippen LogP) is 3.87. The van der Waals surface area contributed by atoms with Crippen molar-refractivity contribution in [2.24, 2.45) is 0 Å². The third-order valence-corrected chi connectivity index (χ3v) is 5.23. The van der Waals surface area contributed by atoms with E-state index < -0.39 is 0 Å². The standard InChI is InChI=1S/C15H28ClNO/c1-3-14(2,10-11-16)17-12-13-6-9-15(18-13)7-4-5-8-15/h13,17H,3-12H2,1-2H3. The van der Waals surface area contributed by atoms with Gasteiger partial charge < -0.3 is 10.1 Å². The van der Waals surface area contributed by atoms with E-state index in [2.05, 4.69) is 19.2 Å². The summed E-state index contributed by atoms with van der Waals surface area (Å²) in [6, 6.07) is 0. The summed E-state index contributed by atoms with van der Waals surface area (Å²) in [6.45, 7) is 5.49. The molecule has 0 aromatic rings. The molecule has 18 heavy (non-hydrogen) atoms. The lowest BCUT2D eigenvalue weighted by Gasteiger charge is -2.31. The summed E-state index contributed by atoms with van der Waals surface area (Å²) in [7, 11) is 0. The van der Waals surface area contributed by atoms with Crippen LogP contribution < -0.4 is 5.32 Å². The van der Waals surface area contributed by atoms with Crippen molar-refractivity contribution in [1.29, 1.82) is 0 Å². The number of ether oxygens (including phenoxy) is 1. The third-order valence-electron chi connectivity index (χ3n) is 5.04. The van der Waals surface area contributed by atoms with Gasteiger partial charge in [-0.1, -0.05) is 19.8 Å². The van der Waals surface area contributed by atoms with E-state index >= 15 is 0 Å². The number of alkyl halides is 1. The number of rotatable bonds is 6. The minimum absolute atomic E-state index is 0.177. The maximum atomic E-state index is 6.33. The highest BCUT2D eigenvalue weighted by molar-refractivity contribution is 6.17. The number of hydrogen-bond donors (Lipinski definition) is 1. The van der Waals surface area contributed by atoms with Crippen LogP contribution in [0.4, 0.5) is 0 Å². The maximum Gasteiger partial charge on any atom is 0.0708 e. The molecule has 1 N–H and O–H groups in total. The van der Waals surface area contributed by atoms with Crippen LogP contribution in [0.3, 0.4) is 0 Å². The summed E-state index contributed by atoms with van der Waals surface area (Å²) in [5.41, 5.74) is 0.442. The molecular weight excluding hydrogens is 246 g/mol. The van der Waals surface area contributed by atoms with E-state index in [0.717, 1.165) is 25.3 Å². The molecule has 2 nitrogen and oxygen atoms in total. The van der Waals surface area contributed by atoms with Crippen molar-refractivity contribution in [2.75, 3.05) is 12.4 Å². The van der Waals surface area contributed by atoms with E-state index in [-0.39, 0.29) is 11.1 Å². The summed E-state index contributed by atoms with van der Waals surface area (Å²) < 4.78 is 6.33. The molecule has 1 saturated heterocycles. The first-order valence-corrected chi connectivity index (χ1v) is 8.14. The lowest BCUT2D eigenvalue weighted by Crippen LogP contribution is -2.46. The van der Waals surface area contributed by atoms with Gasteiger partial charge in [0.1, 0.15) is 0 Å². The highest BCUT2D eigenvalue weighted by Gasteiger charge is 2.42. The molecule has 106 valence electrons. The molecular formula is C15H28ClNO. The molecule has 3 heteroatoms. The summed E-state index contributed by atoms with van der Waals surface area (Å²) in [4.78, 5) is 0. The van der Waals surface area contributed by atoms with Crippen molar-refractivity contribution in [3.8, 4) is 0 Å². The molecule has 0 aromatic carbocycles. The van der Waals surface area contributed by atoms with Crippen LogP contribution in [0.5, 0.6) is 0 Å². The molecule has 2 unspecified atom stereocenters. The molecule has 0 amide bonds. The lowest BCUT2D eigenvalue weighted by molar-refractivity contribution is -0.0374. The van der Waals surface area contributed by atoms with Crippen LogP contribution in [0, 0.1) is 0 Å². The van der Waals surface area contributed by atoms with Gasteiger partial charge >= 0.3 is 0 Å². The van der Waals surface area contributed by atoms with Gasteiger partial charge in [-0.05, 0) is 45.4 Å². The summed E-state index contributed by atoms with van der Waals surface area (Å²) in [5.74, 6) is 0.729. The molecule has 2 fully saturated rings. The van der Waals surface area contributed by atoms with Gasteiger partial charge in [-0.15, -0.1) is 11.6 Å². The molecule has 2 atom stereocenters. The Labute approximate surface area is 117 Å². The van der Waals surface area contributed by atoms with Gasteiger partial charge in [0.15, 0.2) is 0 Å². The SMILES string of the molecule is CCC(C)(CCCl)NCC1CCC2(CCCC2)O1. The molecule has 1 saturated carbocycles. The first-order chi connectivity index (χ1) is 8.61. The van der Waals surface area contributed by atoms with Crippen molar-refractivity contribution in [3.05, 3.63) is 0 Å².